The third-order valence-corrected chi connectivity index (χ3v) is 6.11. The van der Waals surface area contributed by atoms with Gasteiger partial charge in [-0.1, -0.05) is 18.5 Å². The molecule has 0 bridgehead atoms. The maximum Gasteiger partial charge on any atom is 0.471 e. The van der Waals surface area contributed by atoms with E-state index < -0.39 is 12.1 Å². The smallest absolute Gasteiger partial charge is 0.346 e. The van der Waals surface area contributed by atoms with E-state index in [0.717, 1.165) is 43.5 Å². The number of halogens is 3. The Balaban J connectivity index is 1.50. The number of aryl methyl sites for hydroxylation is 1. The number of hydrogen-bond acceptors (Lipinski definition) is 6. The summed E-state index contributed by atoms with van der Waals surface area (Å²) in [6.45, 7) is 6.15. The first-order chi connectivity index (χ1) is 16.4. The highest BCUT2D eigenvalue weighted by Gasteiger charge is 2.38. The van der Waals surface area contributed by atoms with Crippen molar-refractivity contribution in [3.05, 3.63) is 48.2 Å². The van der Waals surface area contributed by atoms with Crippen LogP contribution >= 0.6 is 0 Å². The van der Waals surface area contributed by atoms with E-state index in [1.165, 1.54) is 31.0 Å². The Bertz CT molecular complexity index is 1290. The fourth-order valence-corrected chi connectivity index (χ4v) is 4.48. The third kappa shape index (κ3) is 4.54. The molecule has 0 aromatic carbocycles. The van der Waals surface area contributed by atoms with E-state index in [2.05, 4.69) is 47.2 Å². The lowest BCUT2D eigenvalue weighted by Crippen LogP contribution is -2.28. The van der Waals surface area contributed by atoms with Gasteiger partial charge in [-0.05, 0) is 56.1 Å². The molecule has 0 radical (unpaired) electrons. The molecule has 178 valence electrons. The predicted molar refractivity (Wildman–Crippen MR) is 121 cm³/mol. The molecule has 0 saturated carbocycles. The molecular weight excluding hydrogens is 445 g/mol. The maximum atomic E-state index is 12.8. The van der Waals surface area contributed by atoms with Crippen molar-refractivity contribution in [1.29, 1.82) is 0 Å². The Kier molecular flexibility index (Phi) is 6.07. The third-order valence-electron chi connectivity index (χ3n) is 6.11. The number of rotatable bonds is 6. The number of hydrogen-bond donors (Lipinski definition) is 0. The minimum atomic E-state index is -4.69. The van der Waals surface area contributed by atoms with Gasteiger partial charge in [-0.15, -0.1) is 0 Å². The van der Waals surface area contributed by atoms with Gasteiger partial charge in [-0.2, -0.15) is 18.2 Å². The molecule has 34 heavy (non-hydrogen) atoms. The number of alkyl halides is 3. The first-order valence-corrected chi connectivity index (χ1v) is 11.5. The zero-order chi connectivity index (χ0) is 23.7. The SMILES string of the molecule is CCCn1cc(CN2CCCCC2)c2cc(-c3cc(-c4noc(C(F)(F)F)n4)ccn3)ncc21. The van der Waals surface area contributed by atoms with E-state index in [-0.39, 0.29) is 5.82 Å². The molecule has 1 aliphatic rings. The summed E-state index contributed by atoms with van der Waals surface area (Å²) in [5.74, 6) is -1.52. The van der Waals surface area contributed by atoms with Crippen molar-refractivity contribution >= 4 is 10.9 Å². The van der Waals surface area contributed by atoms with Crippen molar-refractivity contribution < 1.29 is 17.7 Å². The van der Waals surface area contributed by atoms with Crippen molar-refractivity contribution in [2.75, 3.05) is 13.1 Å². The molecule has 1 aliphatic heterocycles. The summed E-state index contributed by atoms with van der Waals surface area (Å²) in [6, 6.07) is 5.20. The molecule has 1 saturated heterocycles. The molecule has 5 heterocycles. The van der Waals surface area contributed by atoms with E-state index in [0.29, 0.717) is 17.0 Å². The summed E-state index contributed by atoms with van der Waals surface area (Å²) in [7, 11) is 0. The number of likely N-dealkylation sites (tertiary alicyclic amines) is 1. The molecule has 0 N–H and O–H groups in total. The molecule has 0 spiro atoms. The van der Waals surface area contributed by atoms with Gasteiger partial charge in [-0.25, -0.2) is 0 Å². The summed E-state index contributed by atoms with van der Waals surface area (Å²) in [4.78, 5) is 15.0. The minimum Gasteiger partial charge on any atom is -0.346 e. The quantitative estimate of drug-likeness (QED) is 0.367. The highest BCUT2D eigenvalue weighted by atomic mass is 19.4. The second-order valence-electron chi connectivity index (χ2n) is 8.62. The second kappa shape index (κ2) is 9.17. The molecule has 0 aliphatic carbocycles. The molecule has 1 fully saturated rings. The summed E-state index contributed by atoms with van der Waals surface area (Å²) >= 11 is 0. The van der Waals surface area contributed by atoms with Gasteiger partial charge in [0, 0.05) is 36.4 Å². The van der Waals surface area contributed by atoms with Gasteiger partial charge in [0.1, 0.15) is 0 Å². The van der Waals surface area contributed by atoms with Crippen molar-refractivity contribution in [3.63, 3.8) is 0 Å². The van der Waals surface area contributed by atoms with Crippen molar-refractivity contribution in [2.24, 2.45) is 0 Å². The van der Waals surface area contributed by atoms with E-state index in [9.17, 15) is 13.2 Å². The molecule has 7 nitrogen and oxygen atoms in total. The summed E-state index contributed by atoms with van der Waals surface area (Å²) in [5.41, 5.74) is 3.87. The van der Waals surface area contributed by atoms with Gasteiger partial charge in [0.15, 0.2) is 0 Å². The van der Waals surface area contributed by atoms with Crippen LogP contribution in [-0.4, -0.2) is 42.7 Å². The fraction of sp³-hybridized carbons (Fsp3) is 0.417. The first kappa shape index (κ1) is 22.5. The van der Waals surface area contributed by atoms with Gasteiger partial charge in [0.25, 0.3) is 0 Å². The zero-order valence-corrected chi connectivity index (χ0v) is 18.8. The van der Waals surface area contributed by atoms with Gasteiger partial charge < -0.3 is 9.09 Å². The normalized spacial score (nSPS) is 15.3. The lowest BCUT2D eigenvalue weighted by molar-refractivity contribution is -0.159. The molecule has 4 aromatic heterocycles. The van der Waals surface area contributed by atoms with Crippen LogP contribution < -0.4 is 0 Å². The van der Waals surface area contributed by atoms with Crippen LogP contribution in [0.25, 0.3) is 33.7 Å². The highest BCUT2D eigenvalue weighted by Crippen LogP contribution is 2.31. The van der Waals surface area contributed by atoms with Crippen LogP contribution in [0.5, 0.6) is 0 Å². The summed E-state index contributed by atoms with van der Waals surface area (Å²) in [5, 5.41) is 4.60. The second-order valence-corrected chi connectivity index (χ2v) is 8.62. The van der Waals surface area contributed by atoms with Crippen LogP contribution in [0, 0.1) is 0 Å². The molecule has 4 aromatic rings. The van der Waals surface area contributed by atoms with Crippen molar-refractivity contribution in [1.82, 2.24) is 29.6 Å². The van der Waals surface area contributed by atoms with Crippen LogP contribution in [0.3, 0.4) is 0 Å². The molecule has 5 rings (SSSR count). The molecular formula is C24H25F3N6O. The van der Waals surface area contributed by atoms with Gasteiger partial charge in [0.2, 0.25) is 5.82 Å². The van der Waals surface area contributed by atoms with Gasteiger partial charge in [-0.3, -0.25) is 14.9 Å². The Labute approximate surface area is 194 Å². The Hall–Kier alpha value is -3.27. The number of aromatic nitrogens is 5. The average Bonchev–Trinajstić information content (AvgIpc) is 3.46. The monoisotopic (exact) mass is 470 g/mol. The molecule has 10 heteroatoms. The molecule has 0 amide bonds. The van der Waals surface area contributed by atoms with Crippen LogP contribution in [0.15, 0.2) is 41.3 Å². The summed E-state index contributed by atoms with van der Waals surface area (Å²) < 4.78 is 45.2. The number of fused-ring (bicyclic) bond motifs is 1. The van der Waals surface area contributed by atoms with Gasteiger partial charge in [0.05, 0.1) is 23.1 Å². The predicted octanol–water partition coefficient (Wildman–Crippen LogP) is 5.56. The van der Waals surface area contributed by atoms with E-state index >= 15 is 0 Å². The van der Waals surface area contributed by atoms with E-state index in [1.54, 1.807) is 12.1 Å². The maximum absolute atomic E-state index is 12.8. The number of nitrogens with zero attached hydrogens (tertiary/aromatic N) is 6. The van der Waals surface area contributed by atoms with Crippen LogP contribution in [0.1, 0.15) is 44.1 Å². The zero-order valence-electron chi connectivity index (χ0n) is 18.8. The van der Waals surface area contributed by atoms with Crippen molar-refractivity contribution in [3.8, 4) is 22.8 Å². The van der Waals surface area contributed by atoms with Gasteiger partial charge >= 0.3 is 12.1 Å². The molecule has 0 atom stereocenters. The standard InChI is InChI=1S/C24H25F3N6O/c1-2-8-33-15-17(14-32-9-4-3-5-10-32)18-12-20(29-13-21(18)33)19-11-16(6-7-28-19)22-30-23(34-31-22)24(25,26)27/h6-7,11-13,15H,2-5,8-10,14H2,1H3. The van der Waals surface area contributed by atoms with E-state index in [1.807, 2.05) is 12.3 Å². The minimum absolute atomic E-state index is 0.142. The highest BCUT2D eigenvalue weighted by molar-refractivity contribution is 5.86. The Morgan fingerprint density at radius 2 is 1.85 bits per heavy atom. The largest absolute Gasteiger partial charge is 0.471 e. The van der Waals surface area contributed by atoms with Crippen LogP contribution in [0.4, 0.5) is 13.2 Å². The Morgan fingerprint density at radius 1 is 1.06 bits per heavy atom. The lowest BCUT2D eigenvalue weighted by Gasteiger charge is -2.26. The molecule has 0 unspecified atom stereocenters. The van der Waals surface area contributed by atoms with Crippen molar-refractivity contribution in [2.45, 2.75) is 51.9 Å². The lowest BCUT2D eigenvalue weighted by atomic mass is 10.1. The Morgan fingerprint density at radius 3 is 2.59 bits per heavy atom. The average molecular weight is 470 g/mol. The first-order valence-electron chi connectivity index (χ1n) is 11.5. The van der Waals surface area contributed by atoms with Crippen LogP contribution in [0.2, 0.25) is 0 Å². The number of pyridine rings is 2. The summed E-state index contributed by atoms with van der Waals surface area (Å²) in [6.07, 6.45) is 5.64. The topological polar surface area (TPSA) is 72.9 Å². The van der Waals surface area contributed by atoms with Crippen LogP contribution in [-0.2, 0) is 19.3 Å². The fourth-order valence-electron chi connectivity index (χ4n) is 4.48. The number of piperidine rings is 1. The van der Waals surface area contributed by atoms with E-state index in [4.69, 9.17) is 0 Å².